The molecule has 0 amide bonds. The van der Waals surface area contributed by atoms with Crippen LogP contribution >= 0.6 is 0 Å². The Bertz CT molecular complexity index is 1160. The number of allylic oxidation sites excluding steroid dienone is 10. The number of fused-ring (bicyclic) bond motifs is 2. The van der Waals surface area contributed by atoms with E-state index in [0.717, 1.165) is 70.6 Å². The second kappa shape index (κ2) is 36.3. The van der Waals surface area contributed by atoms with E-state index in [4.69, 9.17) is 19.2 Å². The Morgan fingerprint density at radius 2 is 1.05 bits per heavy atom. The molecular formula is C50H84O7. The first kappa shape index (κ1) is 52.3. The fourth-order valence-corrected chi connectivity index (χ4v) is 6.98. The molecule has 2 fully saturated rings. The first-order chi connectivity index (χ1) is 27.7. The van der Waals surface area contributed by atoms with Gasteiger partial charge in [0.1, 0.15) is 6.10 Å². The summed E-state index contributed by atoms with van der Waals surface area (Å²) in [6, 6.07) is 0. The Labute approximate surface area is 349 Å². The van der Waals surface area contributed by atoms with Crippen molar-refractivity contribution < 1.29 is 33.9 Å². The summed E-state index contributed by atoms with van der Waals surface area (Å²) < 4.78 is 10.3. The van der Waals surface area contributed by atoms with E-state index in [0.29, 0.717) is 24.7 Å². The van der Waals surface area contributed by atoms with E-state index in [-0.39, 0.29) is 42.5 Å². The lowest BCUT2D eigenvalue weighted by atomic mass is 9.89. The summed E-state index contributed by atoms with van der Waals surface area (Å²) in [5.74, 6) is 0.473. The highest BCUT2D eigenvalue weighted by Crippen LogP contribution is 2.45. The molecule has 1 heterocycles. The maximum absolute atomic E-state index is 11.6. The van der Waals surface area contributed by atoms with Gasteiger partial charge in [0.15, 0.2) is 0 Å². The maximum Gasteiger partial charge on any atom is 0.306 e. The van der Waals surface area contributed by atoms with Crippen molar-refractivity contribution in [2.75, 3.05) is 0 Å². The highest BCUT2D eigenvalue weighted by molar-refractivity contribution is 5.69. The molecule has 2 rings (SSSR count). The third-order valence-electron chi connectivity index (χ3n) is 10.1. The monoisotopic (exact) mass is 797 g/mol. The summed E-state index contributed by atoms with van der Waals surface area (Å²) in [6.07, 6.45) is 50.3. The van der Waals surface area contributed by atoms with Crippen molar-refractivity contribution in [3.05, 3.63) is 72.9 Å². The average molecular weight is 797 g/mol. The van der Waals surface area contributed by atoms with Crippen molar-refractivity contribution in [3.8, 4) is 0 Å². The predicted molar refractivity (Wildman–Crippen MR) is 238 cm³/mol. The number of unbranched alkanes of at least 4 members (excludes halogenated alkanes) is 11. The van der Waals surface area contributed by atoms with Gasteiger partial charge in [0.25, 0.3) is 0 Å². The summed E-state index contributed by atoms with van der Waals surface area (Å²) in [6.45, 7) is 12.0. The lowest BCUT2D eigenvalue weighted by Crippen LogP contribution is -2.28. The molecule has 0 spiro atoms. The molecule has 0 unspecified atom stereocenters. The molecule has 0 aromatic rings. The van der Waals surface area contributed by atoms with Crippen molar-refractivity contribution in [1.29, 1.82) is 0 Å². The van der Waals surface area contributed by atoms with Gasteiger partial charge in [0.2, 0.25) is 0 Å². The zero-order valence-electron chi connectivity index (χ0n) is 37.1. The van der Waals surface area contributed by atoms with Crippen LogP contribution in [0.25, 0.3) is 0 Å². The van der Waals surface area contributed by atoms with E-state index < -0.39 is 0 Å². The summed E-state index contributed by atoms with van der Waals surface area (Å²) in [4.78, 5) is 33.8. The highest BCUT2D eigenvalue weighted by Gasteiger charge is 2.49. The number of aliphatic hydroxyl groups excluding tert-OH is 1. The molecule has 1 saturated carbocycles. The number of hydrogen-bond donors (Lipinski definition) is 1. The topological polar surface area (TPSA) is 91.3 Å². The van der Waals surface area contributed by atoms with E-state index in [1.165, 1.54) is 64.2 Å². The van der Waals surface area contributed by atoms with Crippen LogP contribution in [0.4, 0.5) is 0 Å². The summed E-state index contributed by atoms with van der Waals surface area (Å²) in [5, 5.41) is 10.3. The molecule has 0 aromatic heterocycles. The van der Waals surface area contributed by atoms with E-state index in [9.17, 15) is 14.7 Å². The van der Waals surface area contributed by atoms with E-state index in [2.05, 4.69) is 80.7 Å². The normalized spacial score (nSPS) is 20.1. The first-order valence-electron chi connectivity index (χ1n) is 23.0. The van der Waals surface area contributed by atoms with E-state index >= 15 is 0 Å². The van der Waals surface area contributed by atoms with Crippen LogP contribution in [-0.2, 0) is 28.8 Å². The van der Waals surface area contributed by atoms with E-state index in [1.54, 1.807) is 0 Å². The van der Waals surface area contributed by atoms with Crippen LogP contribution in [0.5, 0.6) is 0 Å². The van der Waals surface area contributed by atoms with Gasteiger partial charge in [-0.3, -0.25) is 9.59 Å². The van der Waals surface area contributed by atoms with Crippen molar-refractivity contribution in [1.82, 2.24) is 0 Å². The smallest absolute Gasteiger partial charge is 0.306 e. The van der Waals surface area contributed by atoms with Crippen LogP contribution in [-0.4, -0.2) is 47.6 Å². The minimum atomic E-state index is -0.367. The Hall–Kier alpha value is -2.74. The lowest BCUT2D eigenvalue weighted by Gasteiger charge is -2.27. The van der Waals surface area contributed by atoms with Gasteiger partial charge >= 0.3 is 11.9 Å². The van der Waals surface area contributed by atoms with Gasteiger partial charge < -0.3 is 14.6 Å². The Kier molecular flexibility index (Phi) is 33.3. The Morgan fingerprint density at radius 3 is 1.58 bits per heavy atom. The molecule has 5 atom stereocenters. The molecule has 7 nitrogen and oxygen atoms in total. The van der Waals surface area contributed by atoms with Crippen LogP contribution in [0.3, 0.4) is 0 Å². The van der Waals surface area contributed by atoms with Gasteiger partial charge in [-0.1, -0.05) is 145 Å². The second-order valence-electron chi connectivity index (χ2n) is 16.3. The molecule has 0 aromatic carbocycles. The van der Waals surface area contributed by atoms with Crippen LogP contribution in [0.1, 0.15) is 189 Å². The molecule has 2 aliphatic rings. The number of carbonyl (C=O) groups is 2. The molecule has 0 radical (unpaired) electrons. The standard InChI is InChI=1S/C25H42O5.C25H42O2/c1-4-5-6-7-10-13-20(26)16-17-22-21(23-18-24(22)30-29-23)14-11-8-9-12-15-25(27)28-19(2)3;1-4-5-6-7-8-9-10-11-12-13-14-15-16-17-18-19-20-21-22-23-25(26)27-24(2)3/h8,11,16-17,19-24,26H,4-7,9-10,12-15,18H2,1-3H3;10-11,13-14,16-17,19-20,24H,4-9,12,15,18,21-23H2,1-3H3/b11-8-,17-16+;11-10-,14-13-,17-16-,20-19-/t20-,21+,22+,23-,24+;/m0./s1. The van der Waals surface area contributed by atoms with Crippen LogP contribution in [0.15, 0.2) is 72.9 Å². The molecule has 7 heteroatoms. The number of hydrogen-bond acceptors (Lipinski definition) is 7. The zero-order chi connectivity index (χ0) is 41.8. The van der Waals surface area contributed by atoms with Crippen molar-refractivity contribution in [2.24, 2.45) is 11.8 Å². The molecule has 326 valence electrons. The molecule has 1 N–H and O–H groups in total. The summed E-state index contributed by atoms with van der Waals surface area (Å²) >= 11 is 0. The molecule has 2 bridgehead atoms. The molecule has 57 heavy (non-hydrogen) atoms. The molecular weight excluding hydrogens is 713 g/mol. The first-order valence-corrected chi connectivity index (χ1v) is 23.0. The van der Waals surface area contributed by atoms with E-state index in [1.807, 2.05) is 33.8 Å². The van der Waals surface area contributed by atoms with Crippen molar-refractivity contribution >= 4 is 11.9 Å². The Morgan fingerprint density at radius 1 is 0.596 bits per heavy atom. The van der Waals surface area contributed by atoms with Crippen LogP contribution < -0.4 is 0 Å². The van der Waals surface area contributed by atoms with Gasteiger partial charge in [-0.2, -0.15) is 0 Å². The van der Waals surface area contributed by atoms with Gasteiger partial charge in [-0.15, -0.1) is 0 Å². The average Bonchev–Trinajstić information content (AvgIpc) is 3.78. The lowest BCUT2D eigenvalue weighted by molar-refractivity contribution is -0.336. The van der Waals surface area contributed by atoms with Gasteiger partial charge in [0, 0.05) is 31.1 Å². The van der Waals surface area contributed by atoms with Gasteiger partial charge in [-0.05, 0) is 98.3 Å². The summed E-state index contributed by atoms with van der Waals surface area (Å²) in [7, 11) is 0. The molecule has 1 saturated heterocycles. The fourth-order valence-electron chi connectivity index (χ4n) is 6.98. The maximum atomic E-state index is 11.6. The third-order valence-corrected chi connectivity index (χ3v) is 10.1. The number of ether oxygens (including phenoxy) is 2. The number of esters is 2. The highest BCUT2D eigenvalue weighted by atomic mass is 17.2. The van der Waals surface area contributed by atoms with Crippen LogP contribution in [0, 0.1) is 11.8 Å². The summed E-state index contributed by atoms with van der Waals surface area (Å²) in [5.41, 5.74) is 0. The largest absolute Gasteiger partial charge is 0.463 e. The van der Waals surface area contributed by atoms with Crippen molar-refractivity contribution in [2.45, 2.75) is 220 Å². The van der Waals surface area contributed by atoms with Crippen molar-refractivity contribution in [3.63, 3.8) is 0 Å². The molecule has 1 aliphatic heterocycles. The second-order valence-corrected chi connectivity index (χ2v) is 16.3. The number of rotatable bonds is 32. The number of aliphatic hydroxyl groups is 1. The van der Waals surface area contributed by atoms with Gasteiger partial charge in [0.05, 0.1) is 24.4 Å². The Balaban J connectivity index is 0.000000574. The van der Waals surface area contributed by atoms with Crippen LogP contribution in [0.2, 0.25) is 0 Å². The predicted octanol–water partition coefficient (Wildman–Crippen LogP) is 13.5. The fraction of sp³-hybridized carbons (Fsp3) is 0.720. The zero-order valence-corrected chi connectivity index (χ0v) is 37.1. The minimum absolute atomic E-state index is 0.0106. The quantitative estimate of drug-likeness (QED) is 0.0314. The minimum Gasteiger partial charge on any atom is -0.463 e. The third kappa shape index (κ3) is 30.0. The number of carbonyl (C=O) groups excluding carboxylic acids is 2. The van der Waals surface area contributed by atoms with Gasteiger partial charge in [-0.25, -0.2) is 9.78 Å². The molecule has 1 aliphatic carbocycles. The SMILES string of the molecule is CCCCCCC/C=C\C/C=C\C/C=C\C/C=C\CCCC(=O)OC(C)C.CCCCCCC[C@H](O)/C=C/[C@@H]1[C@@H](C/C=C\CCCC(=O)OC(C)C)[C@@H]2C[C@H]1OO2.